The molecule has 2 fully saturated rings. The van der Waals surface area contributed by atoms with Gasteiger partial charge in [0.25, 0.3) is 0 Å². The number of nitrogens with one attached hydrogen (secondary N) is 1. The van der Waals surface area contributed by atoms with Crippen molar-refractivity contribution in [1.29, 1.82) is 0 Å². The molecule has 2 aliphatic rings. The molecule has 0 aliphatic carbocycles. The number of thioether (sulfide) groups is 1. The Balaban J connectivity index is 1.55. The number of benzene rings is 1. The third kappa shape index (κ3) is 6.26. The molecule has 0 aromatic heterocycles. The molecule has 0 bridgehead atoms. The number of ether oxygens (including phenoxy) is 2. The van der Waals surface area contributed by atoms with E-state index in [1.807, 2.05) is 25.6 Å². The SMILES string of the molecule is C=S(N1CCN(c2ccc(SCCOCC)cc2)CC1)C1(C(=O)NCC)CCOCC1. The summed E-state index contributed by atoms with van der Waals surface area (Å²) < 4.78 is 13.0. The standard InChI is InChI=1S/C23H37N3O3S2/c1-4-24-22(27)23(10-16-29-17-11-23)31(3)26-14-12-25(13-15-26)20-6-8-21(9-7-20)30-19-18-28-5-2/h6-9H,3-5,10-19H2,1-2H3,(H,24,27). The lowest BCUT2D eigenvalue weighted by atomic mass is 9.98. The monoisotopic (exact) mass is 467 g/mol. The molecule has 2 saturated heterocycles. The molecule has 1 unspecified atom stereocenters. The van der Waals surface area contributed by atoms with Crippen molar-refractivity contribution < 1.29 is 14.3 Å². The second-order valence-electron chi connectivity index (χ2n) is 7.79. The van der Waals surface area contributed by atoms with E-state index in [9.17, 15) is 4.79 Å². The van der Waals surface area contributed by atoms with Crippen molar-refractivity contribution in [3.63, 3.8) is 0 Å². The van der Waals surface area contributed by atoms with Gasteiger partial charge >= 0.3 is 0 Å². The normalized spacial score (nSPS) is 20.4. The third-order valence-electron chi connectivity index (χ3n) is 5.96. The first-order chi connectivity index (χ1) is 15.1. The van der Waals surface area contributed by atoms with Gasteiger partial charge in [0.15, 0.2) is 0 Å². The molecule has 8 heteroatoms. The van der Waals surface area contributed by atoms with Crippen LogP contribution >= 0.6 is 22.4 Å². The highest BCUT2D eigenvalue weighted by Gasteiger charge is 2.44. The van der Waals surface area contributed by atoms with Crippen molar-refractivity contribution in [3.8, 4) is 0 Å². The summed E-state index contributed by atoms with van der Waals surface area (Å²) in [5, 5.41) is 3.06. The summed E-state index contributed by atoms with van der Waals surface area (Å²) in [5.74, 6) is 5.65. The minimum absolute atomic E-state index is 0.150. The molecule has 6 nitrogen and oxygen atoms in total. The molecule has 2 heterocycles. The van der Waals surface area contributed by atoms with Gasteiger partial charge in [-0.15, -0.1) is 22.4 Å². The maximum absolute atomic E-state index is 13.0. The quantitative estimate of drug-likeness (QED) is 0.324. The second kappa shape index (κ2) is 12.3. The smallest absolute Gasteiger partial charge is 0.237 e. The Kier molecular flexibility index (Phi) is 9.72. The first-order valence-electron chi connectivity index (χ1n) is 11.3. The van der Waals surface area contributed by atoms with Crippen molar-refractivity contribution in [2.24, 2.45) is 0 Å². The zero-order valence-corrected chi connectivity index (χ0v) is 20.6. The number of amides is 1. The van der Waals surface area contributed by atoms with E-state index in [1.165, 1.54) is 10.6 Å². The second-order valence-corrected chi connectivity index (χ2v) is 11.0. The average Bonchev–Trinajstić information content (AvgIpc) is 2.82. The number of carbonyl (C=O) groups excluding carboxylic acids is 1. The number of carbonyl (C=O) groups is 1. The summed E-state index contributed by atoms with van der Waals surface area (Å²) in [6, 6.07) is 8.85. The van der Waals surface area contributed by atoms with Gasteiger partial charge in [-0.05, 0) is 51.0 Å². The number of hydrogen-bond acceptors (Lipinski definition) is 6. The summed E-state index contributed by atoms with van der Waals surface area (Å²) in [6.45, 7) is 11.3. The first-order valence-corrected chi connectivity index (χ1v) is 13.6. The van der Waals surface area contributed by atoms with Gasteiger partial charge in [0.1, 0.15) is 4.75 Å². The molecular weight excluding hydrogens is 430 g/mol. The first kappa shape index (κ1) is 24.6. The van der Waals surface area contributed by atoms with E-state index in [4.69, 9.17) is 9.47 Å². The third-order valence-corrected chi connectivity index (χ3v) is 9.42. The fraction of sp³-hybridized carbons (Fsp3) is 0.652. The van der Waals surface area contributed by atoms with Crippen LogP contribution in [-0.4, -0.2) is 85.7 Å². The van der Waals surface area contributed by atoms with Crippen LogP contribution in [0.15, 0.2) is 29.2 Å². The summed E-state index contributed by atoms with van der Waals surface area (Å²) in [7, 11) is -0.364. The van der Waals surface area contributed by atoms with Crippen LogP contribution in [0.1, 0.15) is 26.7 Å². The number of anilines is 1. The lowest BCUT2D eigenvalue weighted by Crippen LogP contribution is -2.53. The molecular formula is C23H37N3O3S2. The molecule has 31 heavy (non-hydrogen) atoms. The summed E-state index contributed by atoms with van der Waals surface area (Å²) in [4.78, 5) is 16.7. The maximum Gasteiger partial charge on any atom is 0.237 e. The van der Waals surface area contributed by atoms with E-state index in [0.717, 1.165) is 58.0 Å². The highest BCUT2D eigenvalue weighted by Crippen LogP contribution is 2.43. The number of rotatable bonds is 10. The van der Waals surface area contributed by atoms with Gasteiger partial charge in [0, 0.05) is 68.9 Å². The van der Waals surface area contributed by atoms with Crippen LogP contribution in [0.25, 0.3) is 0 Å². The number of nitrogens with zero attached hydrogens (tertiary/aromatic N) is 2. The Labute approximate surface area is 194 Å². The maximum atomic E-state index is 13.0. The van der Waals surface area contributed by atoms with Crippen LogP contribution in [0, 0.1) is 0 Å². The average molecular weight is 468 g/mol. The molecule has 0 spiro atoms. The van der Waals surface area contributed by atoms with Crippen LogP contribution in [0.2, 0.25) is 0 Å². The van der Waals surface area contributed by atoms with Crippen LogP contribution in [0.4, 0.5) is 5.69 Å². The molecule has 1 amide bonds. The van der Waals surface area contributed by atoms with Gasteiger partial charge in [-0.3, -0.25) is 9.10 Å². The molecule has 2 aliphatic heterocycles. The largest absolute Gasteiger partial charge is 0.381 e. The fourth-order valence-electron chi connectivity index (χ4n) is 4.12. The molecule has 1 aromatic carbocycles. The van der Waals surface area contributed by atoms with Crippen LogP contribution in [0.5, 0.6) is 0 Å². The summed E-state index contributed by atoms with van der Waals surface area (Å²) in [5.41, 5.74) is 1.27. The van der Waals surface area contributed by atoms with Crippen LogP contribution in [-0.2, 0) is 14.3 Å². The molecule has 3 rings (SSSR count). The van der Waals surface area contributed by atoms with Crippen molar-refractivity contribution in [2.75, 3.05) is 69.8 Å². The van der Waals surface area contributed by atoms with Gasteiger partial charge in [-0.2, -0.15) is 0 Å². The van der Waals surface area contributed by atoms with Crippen molar-refractivity contribution >= 4 is 39.9 Å². The van der Waals surface area contributed by atoms with Gasteiger partial charge in [-0.1, -0.05) is 5.87 Å². The predicted molar refractivity (Wildman–Crippen MR) is 134 cm³/mol. The molecule has 1 atom stereocenters. The fourth-order valence-corrected chi connectivity index (χ4v) is 6.91. The Morgan fingerprint density at radius 1 is 1.19 bits per heavy atom. The van der Waals surface area contributed by atoms with Gasteiger partial charge < -0.3 is 19.7 Å². The number of hydrogen-bond donors (Lipinski definition) is 1. The topological polar surface area (TPSA) is 54.0 Å². The lowest BCUT2D eigenvalue weighted by Gasteiger charge is -2.45. The Morgan fingerprint density at radius 2 is 1.87 bits per heavy atom. The highest BCUT2D eigenvalue weighted by atomic mass is 32.2. The van der Waals surface area contributed by atoms with E-state index in [2.05, 4.69) is 44.7 Å². The molecule has 0 saturated carbocycles. The van der Waals surface area contributed by atoms with E-state index in [0.29, 0.717) is 19.8 Å². The number of piperazine rings is 1. The highest BCUT2D eigenvalue weighted by molar-refractivity contribution is 8.13. The van der Waals surface area contributed by atoms with E-state index >= 15 is 0 Å². The molecule has 1 aromatic rings. The minimum Gasteiger partial charge on any atom is -0.381 e. The molecule has 1 N–H and O–H groups in total. The lowest BCUT2D eigenvalue weighted by molar-refractivity contribution is -0.125. The Hall–Kier alpha value is -1.06. The predicted octanol–water partition coefficient (Wildman–Crippen LogP) is 3.24. The van der Waals surface area contributed by atoms with Gasteiger partial charge in [0.2, 0.25) is 5.91 Å². The van der Waals surface area contributed by atoms with Crippen molar-refractivity contribution in [3.05, 3.63) is 24.3 Å². The minimum atomic E-state index is -0.420. The van der Waals surface area contributed by atoms with Crippen LogP contribution in [0.3, 0.4) is 0 Å². The van der Waals surface area contributed by atoms with Crippen LogP contribution < -0.4 is 10.2 Å². The van der Waals surface area contributed by atoms with Crippen molar-refractivity contribution in [2.45, 2.75) is 36.3 Å². The van der Waals surface area contributed by atoms with E-state index < -0.39 is 4.75 Å². The Morgan fingerprint density at radius 3 is 2.48 bits per heavy atom. The molecule has 174 valence electrons. The zero-order chi connectivity index (χ0) is 22.1. The Bertz CT molecular complexity index is 715. The zero-order valence-electron chi connectivity index (χ0n) is 18.9. The van der Waals surface area contributed by atoms with Crippen molar-refractivity contribution in [1.82, 2.24) is 9.62 Å². The van der Waals surface area contributed by atoms with Gasteiger partial charge in [-0.25, -0.2) is 0 Å². The molecule has 0 radical (unpaired) electrons. The summed E-state index contributed by atoms with van der Waals surface area (Å²) >= 11 is 1.84. The van der Waals surface area contributed by atoms with E-state index in [-0.39, 0.29) is 16.6 Å². The van der Waals surface area contributed by atoms with E-state index in [1.54, 1.807) is 0 Å². The summed E-state index contributed by atoms with van der Waals surface area (Å²) in [6.07, 6.45) is 1.52. The van der Waals surface area contributed by atoms with Gasteiger partial charge in [0.05, 0.1) is 6.61 Å².